The van der Waals surface area contributed by atoms with E-state index in [9.17, 15) is 9.18 Å². The lowest BCUT2D eigenvalue weighted by molar-refractivity contribution is -0.130. The van der Waals surface area contributed by atoms with E-state index in [1.54, 1.807) is 18.3 Å². The van der Waals surface area contributed by atoms with Crippen molar-refractivity contribution in [2.24, 2.45) is 5.92 Å². The molecule has 6 heteroatoms. The van der Waals surface area contributed by atoms with Crippen LogP contribution in [0.1, 0.15) is 36.6 Å². The van der Waals surface area contributed by atoms with Crippen LogP contribution in [0.4, 0.5) is 4.39 Å². The summed E-state index contributed by atoms with van der Waals surface area (Å²) >= 11 is 0. The highest BCUT2D eigenvalue weighted by Gasteiger charge is 2.55. The number of halogens is 1. The first-order valence-corrected chi connectivity index (χ1v) is 8.67. The Morgan fingerprint density at radius 1 is 1.12 bits per heavy atom. The molecular weight excluding hydrogens is 319 g/mol. The largest absolute Gasteiger partial charge is 0.334 e. The smallest absolute Gasteiger partial charge is 0.242 e. The van der Waals surface area contributed by atoms with Gasteiger partial charge in [0.1, 0.15) is 11.9 Å². The van der Waals surface area contributed by atoms with Crippen molar-refractivity contribution < 1.29 is 9.18 Å². The third-order valence-electron chi connectivity index (χ3n) is 5.13. The molecule has 130 valence electrons. The molecule has 4 atom stereocenters. The number of hydrogen-bond acceptors (Lipinski definition) is 4. The van der Waals surface area contributed by atoms with E-state index in [0.717, 1.165) is 17.5 Å². The van der Waals surface area contributed by atoms with Gasteiger partial charge in [0.2, 0.25) is 5.91 Å². The fourth-order valence-corrected chi connectivity index (χ4v) is 4.10. The highest BCUT2D eigenvalue weighted by Crippen LogP contribution is 2.46. The summed E-state index contributed by atoms with van der Waals surface area (Å²) in [5.74, 6) is -0.128. The standard InChI is InChI=1S/C19H21FN4O/c1-2-10-24-18(13-4-3-9-21-11-13)15-16(22-23-17(15)19(24)25)12-5-7-14(20)8-6-12/h3-9,11,15-18,22-23H,2,10H2,1H3. The lowest BCUT2D eigenvalue weighted by Gasteiger charge is -2.30. The number of nitrogens with one attached hydrogen (secondary N) is 2. The van der Waals surface area contributed by atoms with Gasteiger partial charge in [-0.25, -0.2) is 15.2 Å². The maximum atomic E-state index is 13.3. The molecule has 25 heavy (non-hydrogen) atoms. The summed E-state index contributed by atoms with van der Waals surface area (Å²) < 4.78 is 13.3. The second kappa shape index (κ2) is 6.54. The minimum Gasteiger partial charge on any atom is -0.334 e. The van der Waals surface area contributed by atoms with E-state index < -0.39 is 0 Å². The van der Waals surface area contributed by atoms with E-state index in [1.165, 1.54) is 12.1 Å². The van der Waals surface area contributed by atoms with Crippen molar-refractivity contribution in [2.75, 3.05) is 6.54 Å². The molecule has 2 aromatic rings. The Kier molecular flexibility index (Phi) is 4.23. The Labute approximate surface area is 146 Å². The van der Waals surface area contributed by atoms with Gasteiger partial charge < -0.3 is 4.90 Å². The number of fused-ring (bicyclic) bond motifs is 1. The van der Waals surface area contributed by atoms with Crippen LogP contribution in [-0.2, 0) is 4.79 Å². The van der Waals surface area contributed by atoms with Gasteiger partial charge in [-0.15, -0.1) is 0 Å². The van der Waals surface area contributed by atoms with Crippen molar-refractivity contribution in [2.45, 2.75) is 31.5 Å². The van der Waals surface area contributed by atoms with Crippen molar-refractivity contribution >= 4 is 5.91 Å². The van der Waals surface area contributed by atoms with Gasteiger partial charge in [0.15, 0.2) is 0 Å². The normalized spacial score (nSPS) is 28.4. The van der Waals surface area contributed by atoms with Crippen LogP contribution in [0.3, 0.4) is 0 Å². The van der Waals surface area contributed by atoms with Crippen LogP contribution >= 0.6 is 0 Å². The number of rotatable bonds is 4. The molecule has 2 fully saturated rings. The molecule has 0 bridgehead atoms. The Morgan fingerprint density at radius 2 is 1.88 bits per heavy atom. The number of carbonyl (C=O) groups is 1. The Bertz CT molecular complexity index is 752. The number of hydrogen-bond donors (Lipinski definition) is 2. The third kappa shape index (κ3) is 2.71. The first kappa shape index (κ1) is 16.2. The molecule has 2 saturated heterocycles. The summed E-state index contributed by atoms with van der Waals surface area (Å²) in [6.07, 6.45) is 4.48. The van der Waals surface area contributed by atoms with Crippen LogP contribution in [0, 0.1) is 11.7 Å². The fraction of sp³-hybridized carbons (Fsp3) is 0.368. The van der Waals surface area contributed by atoms with Gasteiger partial charge in [-0.05, 0) is 35.7 Å². The molecule has 4 unspecified atom stereocenters. The van der Waals surface area contributed by atoms with E-state index in [1.807, 2.05) is 23.2 Å². The van der Waals surface area contributed by atoms with E-state index in [4.69, 9.17) is 0 Å². The SMILES string of the molecule is CCCN1C(=O)C2NNC(c3ccc(F)cc3)C2C1c1cccnc1. The molecular formula is C19H21FN4O. The van der Waals surface area contributed by atoms with Gasteiger partial charge in [-0.2, -0.15) is 0 Å². The lowest BCUT2D eigenvalue weighted by Crippen LogP contribution is -2.41. The number of likely N-dealkylation sites (tertiary alicyclic amines) is 1. The highest BCUT2D eigenvalue weighted by molar-refractivity contribution is 5.86. The maximum Gasteiger partial charge on any atom is 0.242 e. The minimum absolute atomic E-state index is 0.0220. The number of benzene rings is 1. The summed E-state index contributed by atoms with van der Waals surface area (Å²) in [6, 6.07) is 10.0. The van der Waals surface area contributed by atoms with Crippen LogP contribution in [0.5, 0.6) is 0 Å². The Balaban J connectivity index is 1.75. The number of pyridine rings is 1. The van der Waals surface area contributed by atoms with Gasteiger partial charge in [0.05, 0.1) is 12.1 Å². The Hall–Kier alpha value is -2.31. The van der Waals surface area contributed by atoms with Gasteiger partial charge >= 0.3 is 0 Å². The van der Waals surface area contributed by atoms with E-state index in [0.29, 0.717) is 6.54 Å². The average Bonchev–Trinajstić information content (AvgIpc) is 3.17. The summed E-state index contributed by atoms with van der Waals surface area (Å²) in [4.78, 5) is 19.1. The number of nitrogens with zero attached hydrogens (tertiary/aromatic N) is 2. The van der Waals surface area contributed by atoms with E-state index in [-0.39, 0.29) is 35.8 Å². The van der Waals surface area contributed by atoms with Crippen molar-refractivity contribution in [3.63, 3.8) is 0 Å². The highest BCUT2D eigenvalue weighted by atomic mass is 19.1. The molecule has 0 saturated carbocycles. The second-order valence-electron chi connectivity index (χ2n) is 6.64. The summed E-state index contributed by atoms with van der Waals surface area (Å²) in [5, 5.41) is 0. The van der Waals surface area contributed by atoms with Crippen LogP contribution in [-0.4, -0.2) is 28.4 Å². The summed E-state index contributed by atoms with van der Waals surface area (Å²) in [7, 11) is 0. The van der Waals surface area contributed by atoms with Crippen molar-refractivity contribution in [1.82, 2.24) is 20.7 Å². The van der Waals surface area contributed by atoms with Gasteiger partial charge in [-0.3, -0.25) is 9.78 Å². The molecule has 2 N–H and O–H groups in total. The lowest BCUT2D eigenvalue weighted by atomic mass is 9.84. The quantitative estimate of drug-likeness (QED) is 0.897. The predicted molar refractivity (Wildman–Crippen MR) is 91.7 cm³/mol. The van der Waals surface area contributed by atoms with Crippen LogP contribution in [0.25, 0.3) is 0 Å². The molecule has 5 nitrogen and oxygen atoms in total. The minimum atomic E-state index is -0.285. The molecule has 0 aliphatic carbocycles. The zero-order valence-electron chi connectivity index (χ0n) is 14.0. The first-order valence-electron chi connectivity index (χ1n) is 8.67. The van der Waals surface area contributed by atoms with E-state index >= 15 is 0 Å². The second-order valence-corrected chi connectivity index (χ2v) is 6.64. The summed E-state index contributed by atoms with van der Waals surface area (Å²) in [5.41, 5.74) is 8.42. The molecule has 4 rings (SSSR count). The zero-order chi connectivity index (χ0) is 17.4. The number of amides is 1. The maximum absolute atomic E-state index is 13.3. The van der Waals surface area contributed by atoms with Crippen molar-refractivity contribution in [3.05, 3.63) is 65.7 Å². The molecule has 0 spiro atoms. The number of hydrazine groups is 1. The van der Waals surface area contributed by atoms with Crippen molar-refractivity contribution in [3.8, 4) is 0 Å². The predicted octanol–water partition coefficient (Wildman–Crippen LogP) is 2.35. The first-order chi connectivity index (χ1) is 12.2. The van der Waals surface area contributed by atoms with Crippen LogP contribution in [0.2, 0.25) is 0 Å². The third-order valence-corrected chi connectivity index (χ3v) is 5.13. The fourth-order valence-electron chi connectivity index (χ4n) is 4.10. The Morgan fingerprint density at radius 3 is 2.56 bits per heavy atom. The van der Waals surface area contributed by atoms with Gasteiger partial charge in [0.25, 0.3) is 0 Å². The molecule has 1 aromatic heterocycles. The topological polar surface area (TPSA) is 57.3 Å². The molecule has 2 aliphatic heterocycles. The zero-order valence-corrected chi connectivity index (χ0v) is 14.0. The molecule has 3 heterocycles. The van der Waals surface area contributed by atoms with Gasteiger partial charge in [-0.1, -0.05) is 25.1 Å². The van der Waals surface area contributed by atoms with Crippen molar-refractivity contribution in [1.29, 1.82) is 0 Å². The van der Waals surface area contributed by atoms with Crippen LogP contribution in [0.15, 0.2) is 48.8 Å². The summed E-state index contributed by atoms with van der Waals surface area (Å²) in [6.45, 7) is 2.79. The average molecular weight is 340 g/mol. The molecule has 1 amide bonds. The molecule has 1 aromatic carbocycles. The molecule has 0 radical (unpaired) electrons. The van der Waals surface area contributed by atoms with Crippen LogP contribution < -0.4 is 10.9 Å². The molecule has 2 aliphatic rings. The monoisotopic (exact) mass is 340 g/mol. The van der Waals surface area contributed by atoms with E-state index in [2.05, 4.69) is 22.8 Å². The number of aromatic nitrogens is 1. The number of carbonyl (C=O) groups excluding carboxylic acids is 1. The van der Waals surface area contributed by atoms with Gasteiger partial charge in [0, 0.05) is 24.9 Å².